The highest BCUT2D eigenvalue weighted by atomic mass is 79.9. The molecule has 0 atom stereocenters. The molecule has 0 saturated carbocycles. The van der Waals surface area contributed by atoms with Gasteiger partial charge < -0.3 is 10.5 Å². The van der Waals surface area contributed by atoms with Gasteiger partial charge in [0.25, 0.3) is 0 Å². The van der Waals surface area contributed by atoms with Crippen LogP contribution in [0.4, 0.5) is 14.6 Å². The van der Waals surface area contributed by atoms with Gasteiger partial charge in [-0.05, 0) is 22.0 Å². The second-order valence-corrected chi connectivity index (χ2v) is 4.38. The predicted molar refractivity (Wildman–Crippen MR) is 66.5 cm³/mol. The fraction of sp³-hybridized carbons (Fsp3) is 0.182. The van der Waals surface area contributed by atoms with Gasteiger partial charge in [0.2, 0.25) is 0 Å². The first-order chi connectivity index (χ1) is 8.58. The molecule has 0 aliphatic carbocycles. The average molecular weight is 318 g/mol. The van der Waals surface area contributed by atoms with E-state index in [2.05, 4.69) is 25.8 Å². The predicted octanol–water partition coefficient (Wildman–Crippen LogP) is 2.88. The minimum absolute atomic E-state index is 0.124. The third-order valence-electron chi connectivity index (χ3n) is 2.34. The molecule has 18 heavy (non-hydrogen) atoms. The fourth-order valence-electron chi connectivity index (χ4n) is 1.50. The number of rotatable bonds is 4. The molecule has 7 heteroatoms. The Hall–Kier alpha value is -1.63. The molecule has 1 heterocycles. The number of nitrogen functional groups attached to an aromatic ring is 1. The van der Waals surface area contributed by atoms with Gasteiger partial charge in [-0.2, -0.15) is 13.9 Å². The van der Waals surface area contributed by atoms with Crippen LogP contribution in [0.3, 0.4) is 0 Å². The number of alkyl halides is 2. The molecule has 0 aliphatic rings. The number of hydrogen-bond donors (Lipinski definition) is 1. The first kappa shape index (κ1) is 12.8. The maximum atomic E-state index is 12.2. The van der Waals surface area contributed by atoms with E-state index in [1.807, 2.05) is 0 Å². The van der Waals surface area contributed by atoms with Crippen molar-refractivity contribution in [2.75, 3.05) is 5.73 Å². The standard InChI is InChI=1S/C11H10BrF2N3O/c12-8-5-16-17(10(8)15)6-7-3-1-2-4-9(7)18-11(13)14/h1-5,11H,6,15H2. The zero-order valence-corrected chi connectivity index (χ0v) is 10.8. The molecule has 0 radical (unpaired) electrons. The molecule has 1 aromatic heterocycles. The first-order valence-electron chi connectivity index (χ1n) is 5.07. The number of nitrogens with two attached hydrogens (primary N) is 1. The highest BCUT2D eigenvalue weighted by Gasteiger charge is 2.11. The second kappa shape index (κ2) is 5.34. The first-order valence-corrected chi connectivity index (χ1v) is 5.86. The zero-order valence-electron chi connectivity index (χ0n) is 9.19. The molecule has 2 aromatic rings. The number of halogens is 3. The molecule has 0 saturated heterocycles. The van der Waals surface area contributed by atoms with Crippen molar-refractivity contribution in [3.8, 4) is 5.75 Å². The van der Waals surface area contributed by atoms with Crippen molar-refractivity contribution in [2.24, 2.45) is 0 Å². The van der Waals surface area contributed by atoms with Gasteiger partial charge in [-0.15, -0.1) is 0 Å². The maximum Gasteiger partial charge on any atom is 0.387 e. The van der Waals surface area contributed by atoms with Crippen LogP contribution in [0.15, 0.2) is 34.9 Å². The molecule has 1 aromatic carbocycles. The number of benzene rings is 1. The summed E-state index contributed by atoms with van der Waals surface area (Å²) in [6, 6.07) is 6.54. The van der Waals surface area contributed by atoms with E-state index in [1.165, 1.54) is 10.7 Å². The lowest BCUT2D eigenvalue weighted by Gasteiger charge is -2.11. The van der Waals surface area contributed by atoms with Gasteiger partial charge in [-0.1, -0.05) is 18.2 Å². The topological polar surface area (TPSA) is 53.1 Å². The number of aromatic nitrogens is 2. The van der Waals surface area contributed by atoms with Gasteiger partial charge in [0.05, 0.1) is 17.2 Å². The summed E-state index contributed by atoms with van der Waals surface area (Å²) in [5, 5.41) is 4.03. The van der Waals surface area contributed by atoms with E-state index in [4.69, 9.17) is 5.73 Å². The number of para-hydroxylation sites is 1. The van der Waals surface area contributed by atoms with Gasteiger partial charge in [-0.25, -0.2) is 4.68 Å². The lowest BCUT2D eigenvalue weighted by molar-refractivity contribution is -0.0505. The summed E-state index contributed by atoms with van der Waals surface area (Å²) in [6.45, 7) is -2.59. The Kier molecular flexibility index (Phi) is 3.81. The summed E-state index contributed by atoms with van der Waals surface area (Å²) in [7, 11) is 0. The molecular weight excluding hydrogens is 308 g/mol. The van der Waals surface area contributed by atoms with Crippen LogP contribution >= 0.6 is 15.9 Å². The van der Waals surface area contributed by atoms with Crippen LogP contribution in [0, 0.1) is 0 Å². The lowest BCUT2D eigenvalue weighted by atomic mass is 10.2. The minimum atomic E-state index is -2.85. The Morgan fingerprint density at radius 2 is 2.11 bits per heavy atom. The molecule has 0 aliphatic heterocycles. The van der Waals surface area contributed by atoms with Gasteiger partial charge in [-0.3, -0.25) is 0 Å². The summed E-state index contributed by atoms with van der Waals surface area (Å²) in [5.41, 5.74) is 6.35. The summed E-state index contributed by atoms with van der Waals surface area (Å²) in [5.74, 6) is 0.556. The minimum Gasteiger partial charge on any atom is -0.434 e. The Labute approximate surface area is 110 Å². The highest BCUT2D eigenvalue weighted by molar-refractivity contribution is 9.10. The van der Waals surface area contributed by atoms with E-state index in [9.17, 15) is 8.78 Å². The molecule has 2 rings (SSSR count). The molecule has 0 bridgehead atoms. The summed E-state index contributed by atoms with van der Waals surface area (Å²) in [4.78, 5) is 0. The Bertz CT molecular complexity index is 545. The van der Waals surface area contributed by atoms with Gasteiger partial charge >= 0.3 is 6.61 Å². The number of anilines is 1. The molecule has 0 amide bonds. The van der Waals surface area contributed by atoms with E-state index in [0.717, 1.165) is 0 Å². The van der Waals surface area contributed by atoms with Crippen LogP contribution in [0.1, 0.15) is 5.56 Å². The van der Waals surface area contributed by atoms with E-state index >= 15 is 0 Å². The van der Waals surface area contributed by atoms with Crippen LogP contribution < -0.4 is 10.5 Å². The molecule has 4 nitrogen and oxygen atoms in total. The second-order valence-electron chi connectivity index (χ2n) is 3.52. The van der Waals surface area contributed by atoms with Crippen molar-refractivity contribution in [1.82, 2.24) is 9.78 Å². The van der Waals surface area contributed by atoms with Crippen molar-refractivity contribution in [3.05, 3.63) is 40.5 Å². The summed E-state index contributed by atoms with van der Waals surface area (Å²) in [6.07, 6.45) is 1.55. The van der Waals surface area contributed by atoms with Crippen molar-refractivity contribution in [3.63, 3.8) is 0 Å². The molecule has 0 spiro atoms. The quantitative estimate of drug-likeness (QED) is 0.943. The van der Waals surface area contributed by atoms with Crippen molar-refractivity contribution in [1.29, 1.82) is 0 Å². The lowest BCUT2D eigenvalue weighted by Crippen LogP contribution is -2.09. The third-order valence-corrected chi connectivity index (χ3v) is 2.95. The van der Waals surface area contributed by atoms with Gasteiger partial charge in [0.15, 0.2) is 0 Å². The van der Waals surface area contributed by atoms with Crippen molar-refractivity contribution in [2.45, 2.75) is 13.2 Å². The number of ether oxygens (including phenoxy) is 1. The maximum absolute atomic E-state index is 12.2. The number of nitrogens with zero attached hydrogens (tertiary/aromatic N) is 2. The number of hydrogen-bond acceptors (Lipinski definition) is 3. The van der Waals surface area contributed by atoms with Crippen LogP contribution in [0.5, 0.6) is 5.75 Å². The highest BCUT2D eigenvalue weighted by Crippen LogP contribution is 2.24. The fourth-order valence-corrected chi connectivity index (χ4v) is 1.80. The SMILES string of the molecule is Nc1c(Br)cnn1Cc1ccccc1OC(F)F. The molecule has 0 fully saturated rings. The Morgan fingerprint density at radius 3 is 2.72 bits per heavy atom. The van der Waals surface area contributed by atoms with E-state index in [0.29, 0.717) is 15.9 Å². The van der Waals surface area contributed by atoms with Crippen LogP contribution in [0.25, 0.3) is 0 Å². The molecule has 2 N–H and O–H groups in total. The largest absolute Gasteiger partial charge is 0.434 e. The van der Waals surface area contributed by atoms with E-state index in [1.54, 1.807) is 24.4 Å². The van der Waals surface area contributed by atoms with Gasteiger partial charge in [0, 0.05) is 5.56 Å². The summed E-state index contributed by atoms with van der Waals surface area (Å²) >= 11 is 3.23. The van der Waals surface area contributed by atoms with Crippen molar-refractivity contribution < 1.29 is 13.5 Å². The molecular formula is C11H10BrF2N3O. The van der Waals surface area contributed by atoms with Crippen LogP contribution in [-0.4, -0.2) is 16.4 Å². The summed E-state index contributed by atoms with van der Waals surface area (Å²) < 4.78 is 31.1. The van der Waals surface area contributed by atoms with Crippen molar-refractivity contribution >= 4 is 21.7 Å². The van der Waals surface area contributed by atoms with Gasteiger partial charge in [0.1, 0.15) is 11.6 Å². The Balaban J connectivity index is 2.26. The third kappa shape index (κ3) is 2.79. The smallest absolute Gasteiger partial charge is 0.387 e. The normalized spacial score (nSPS) is 10.9. The van der Waals surface area contributed by atoms with E-state index in [-0.39, 0.29) is 12.3 Å². The van der Waals surface area contributed by atoms with E-state index < -0.39 is 6.61 Å². The average Bonchev–Trinajstić information content (AvgIpc) is 2.63. The Morgan fingerprint density at radius 1 is 1.39 bits per heavy atom. The van der Waals surface area contributed by atoms with Crippen LogP contribution in [-0.2, 0) is 6.54 Å². The monoisotopic (exact) mass is 317 g/mol. The zero-order chi connectivity index (χ0) is 13.1. The molecule has 0 unspecified atom stereocenters. The van der Waals surface area contributed by atoms with Crippen LogP contribution in [0.2, 0.25) is 0 Å². The molecule has 96 valence electrons.